The van der Waals surface area contributed by atoms with E-state index in [2.05, 4.69) is 45.0 Å². The maximum atomic E-state index is 13.3. The predicted octanol–water partition coefficient (Wildman–Crippen LogP) is 3.91. The highest BCUT2D eigenvalue weighted by Crippen LogP contribution is 2.38. The third-order valence-corrected chi connectivity index (χ3v) is 8.16. The molecule has 2 fully saturated rings. The molecule has 1 N–H and O–H groups in total. The van der Waals surface area contributed by atoms with E-state index in [0.29, 0.717) is 19.6 Å². The molecule has 0 aliphatic carbocycles. The second-order valence-corrected chi connectivity index (χ2v) is 11.0. The van der Waals surface area contributed by atoms with Gasteiger partial charge in [0.2, 0.25) is 0 Å². The molecule has 4 heterocycles. The number of fused-ring (bicyclic) bond motifs is 1. The second kappa shape index (κ2) is 10.1. The molecule has 0 unspecified atom stereocenters. The van der Waals surface area contributed by atoms with Crippen LogP contribution in [0.3, 0.4) is 0 Å². The topological polar surface area (TPSA) is 83.1 Å². The average molecular weight is 511 g/mol. The molecule has 2 amide bonds. The number of nitrogens with one attached hydrogen (secondary N) is 1. The number of amides is 2. The molecule has 192 valence electrons. The minimum absolute atomic E-state index is 0.0615. The molecule has 0 bridgehead atoms. The van der Waals surface area contributed by atoms with E-state index < -0.39 is 0 Å². The van der Waals surface area contributed by atoms with Crippen LogP contribution < -0.4 is 19.9 Å². The number of morpholine rings is 1. The van der Waals surface area contributed by atoms with Crippen molar-refractivity contribution >= 4 is 38.4 Å². The third kappa shape index (κ3) is 4.92. The van der Waals surface area contributed by atoms with Gasteiger partial charge in [0.25, 0.3) is 0 Å². The summed E-state index contributed by atoms with van der Waals surface area (Å²) in [7, 11) is 1.65. The third-order valence-electron chi connectivity index (χ3n) is 6.98. The van der Waals surface area contributed by atoms with Crippen molar-refractivity contribution in [2.75, 3.05) is 62.8 Å². The van der Waals surface area contributed by atoms with Crippen LogP contribution in [0.5, 0.6) is 5.75 Å². The number of benzene rings is 1. The highest BCUT2D eigenvalue weighted by molar-refractivity contribution is 7.23. The van der Waals surface area contributed by atoms with Gasteiger partial charge in [-0.15, -0.1) is 11.3 Å². The minimum Gasteiger partial charge on any atom is -0.497 e. The zero-order chi connectivity index (χ0) is 25.3. The Labute approximate surface area is 216 Å². The molecule has 3 aromatic rings. The molecule has 10 heteroatoms. The van der Waals surface area contributed by atoms with Crippen LogP contribution in [0.25, 0.3) is 10.2 Å². The fraction of sp³-hybridized carbons (Fsp3) is 0.500. The molecular formula is C26H34N6O3S. The van der Waals surface area contributed by atoms with Gasteiger partial charge in [-0.05, 0) is 44.5 Å². The lowest BCUT2D eigenvalue weighted by Gasteiger charge is -2.47. The molecule has 2 saturated heterocycles. The number of ether oxygens (including phenoxy) is 2. The van der Waals surface area contributed by atoms with Gasteiger partial charge in [-0.3, -0.25) is 0 Å². The molecule has 2 aromatic heterocycles. The second-order valence-electron chi connectivity index (χ2n) is 9.93. The number of thiophene rings is 1. The molecule has 0 radical (unpaired) electrons. The van der Waals surface area contributed by atoms with Gasteiger partial charge < -0.3 is 29.5 Å². The normalized spacial score (nSPS) is 18.8. The first-order valence-corrected chi connectivity index (χ1v) is 13.2. The fourth-order valence-corrected chi connectivity index (χ4v) is 6.14. The number of rotatable bonds is 5. The van der Waals surface area contributed by atoms with Gasteiger partial charge in [0.15, 0.2) is 0 Å². The number of carbonyl (C=O) groups excluding carboxylic acids is 1. The van der Waals surface area contributed by atoms with E-state index in [1.165, 1.54) is 5.00 Å². The van der Waals surface area contributed by atoms with Crippen molar-refractivity contribution in [1.82, 2.24) is 20.2 Å². The van der Waals surface area contributed by atoms with Crippen LogP contribution in [-0.4, -0.2) is 79.5 Å². The minimum atomic E-state index is -0.377. The van der Waals surface area contributed by atoms with Crippen molar-refractivity contribution in [3.63, 3.8) is 0 Å². The number of piperazine rings is 1. The number of carbonyl (C=O) groups is 1. The first-order valence-electron chi connectivity index (χ1n) is 12.4. The van der Waals surface area contributed by atoms with Crippen molar-refractivity contribution < 1.29 is 14.3 Å². The number of hydrogen-bond donors (Lipinski definition) is 1. The van der Waals surface area contributed by atoms with Crippen molar-refractivity contribution in [1.29, 1.82) is 0 Å². The van der Waals surface area contributed by atoms with Gasteiger partial charge in [0, 0.05) is 32.7 Å². The summed E-state index contributed by atoms with van der Waals surface area (Å²) in [6.07, 6.45) is 1.65. The van der Waals surface area contributed by atoms with Crippen molar-refractivity contribution in [2.45, 2.75) is 32.4 Å². The predicted molar refractivity (Wildman–Crippen MR) is 143 cm³/mol. The largest absolute Gasteiger partial charge is 0.497 e. The number of nitrogens with zero attached hydrogens (tertiary/aromatic N) is 5. The summed E-state index contributed by atoms with van der Waals surface area (Å²) in [5.41, 5.74) is 1.60. The van der Waals surface area contributed by atoms with Gasteiger partial charge in [0.05, 0.1) is 47.1 Å². The van der Waals surface area contributed by atoms with Crippen LogP contribution in [0.4, 0.5) is 15.6 Å². The molecule has 0 spiro atoms. The summed E-state index contributed by atoms with van der Waals surface area (Å²) in [6, 6.07) is 9.77. The van der Waals surface area contributed by atoms with E-state index in [-0.39, 0.29) is 17.6 Å². The lowest BCUT2D eigenvalue weighted by molar-refractivity contribution is 0.121. The molecule has 9 nitrogen and oxygen atoms in total. The smallest absolute Gasteiger partial charge is 0.318 e. The Hall–Kier alpha value is -3.11. The first-order chi connectivity index (χ1) is 17.4. The first kappa shape index (κ1) is 24.6. The summed E-state index contributed by atoms with van der Waals surface area (Å²) in [4.78, 5) is 29.1. The van der Waals surface area contributed by atoms with Gasteiger partial charge in [0.1, 0.15) is 17.9 Å². The van der Waals surface area contributed by atoms with Crippen molar-refractivity contribution in [3.05, 3.63) is 42.2 Å². The zero-order valence-corrected chi connectivity index (χ0v) is 22.2. The van der Waals surface area contributed by atoms with Crippen LogP contribution in [0, 0.1) is 0 Å². The summed E-state index contributed by atoms with van der Waals surface area (Å²) >= 11 is 1.74. The number of anilines is 2. The average Bonchev–Trinajstić information content (AvgIpc) is 3.33. The summed E-state index contributed by atoms with van der Waals surface area (Å²) in [6.45, 7) is 11.5. The SMILES string of the molecule is COc1cccc([C@H](C)NC(=O)N2CCN(c3ncnc4cc(N5CCOCC5)sc34)CC2(C)C)c1. The lowest BCUT2D eigenvalue weighted by atomic mass is 9.99. The highest BCUT2D eigenvalue weighted by Gasteiger charge is 2.38. The lowest BCUT2D eigenvalue weighted by Crippen LogP contribution is -2.63. The Kier molecular flexibility index (Phi) is 6.90. The maximum absolute atomic E-state index is 13.3. The molecule has 1 atom stereocenters. The Morgan fingerprint density at radius 3 is 2.69 bits per heavy atom. The van der Waals surface area contributed by atoms with E-state index in [1.807, 2.05) is 36.1 Å². The van der Waals surface area contributed by atoms with Crippen LogP contribution in [-0.2, 0) is 4.74 Å². The van der Waals surface area contributed by atoms with Crippen molar-refractivity contribution in [2.24, 2.45) is 0 Å². The number of aromatic nitrogens is 2. The van der Waals surface area contributed by atoms with Crippen molar-refractivity contribution in [3.8, 4) is 5.75 Å². The van der Waals surface area contributed by atoms with Gasteiger partial charge in [-0.25, -0.2) is 14.8 Å². The molecular weight excluding hydrogens is 476 g/mol. The highest BCUT2D eigenvalue weighted by atomic mass is 32.1. The van der Waals surface area contributed by atoms with Gasteiger partial charge >= 0.3 is 6.03 Å². The van der Waals surface area contributed by atoms with E-state index in [1.54, 1.807) is 24.8 Å². The van der Waals surface area contributed by atoms with Gasteiger partial charge in [-0.2, -0.15) is 0 Å². The van der Waals surface area contributed by atoms with Gasteiger partial charge in [-0.1, -0.05) is 12.1 Å². The molecule has 2 aliphatic heterocycles. The summed E-state index contributed by atoms with van der Waals surface area (Å²) in [5.74, 6) is 1.73. The standard InChI is InChI=1S/C26H34N6O3S/c1-18(19-6-5-7-20(14-19)34-4)29-25(33)32-9-8-31(16-26(32,2)3)24-23-21(27-17-28-24)15-22(36-23)30-10-12-35-13-11-30/h5-7,14-15,17-18H,8-13,16H2,1-4H3,(H,29,33)/t18-/m0/s1. The Morgan fingerprint density at radius 1 is 1.14 bits per heavy atom. The molecule has 5 rings (SSSR count). The van der Waals surface area contributed by atoms with Crippen LogP contribution in [0.15, 0.2) is 36.7 Å². The summed E-state index contributed by atoms with van der Waals surface area (Å²) < 4.78 is 11.9. The maximum Gasteiger partial charge on any atom is 0.318 e. The zero-order valence-electron chi connectivity index (χ0n) is 21.4. The van der Waals surface area contributed by atoms with E-state index in [9.17, 15) is 4.79 Å². The molecule has 36 heavy (non-hydrogen) atoms. The molecule has 0 saturated carbocycles. The van der Waals surface area contributed by atoms with E-state index >= 15 is 0 Å². The Bertz CT molecular complexity index is 1230. The fourth-order valence-electron chi connectivity index (χ4n) is 4.96. The number of hydrogen-bond acceptors (Lipinski definition) is 8. The van der Waals surface area contributed by atoms with Crippen LogP contribution >= 0.6 is 11.3 Å². The Morgan fingerprint density at radius 2 is 1.94 bits per heavy atom. The Balaban J connectivity index is 1.30. The van der Waals surface area contributed by atoms with Crippen LogP contribution in [0.1, 0.15) is 32.4 Å². The van der Waals surface area contributed by atoms with E-state index in [0.717, 1.165) is 53.7 Å². The quantitative estimate of drug-likeness (QED) is 0.557. The molecule has 2 aliphatic rings. The number of methoxy groups -OCH3 is 1. The van der Waals surface area contributed by atoms with E-state index in [4.69, 9.17) is 9.47 Å². The van der Waals surface area contributed by atoms with Crippen LogP contribution in [0.2, 0.25) is 0 Å². The number of urea groups is 1. The monoisotopic (exact) mass is 510 g/mol. The summed E-state index contributed by atoms with van der Waals surface area (Å²) in [5, 5.41) is 4.38. The molecule has 1 aromatic carbocycles.